The summed E-state index contributed by atoms with van der Waals surface area (Å²) in [6.45, 7) is 11.5. The van der Waals surface area contributed by atoms with Crippen LogP contribution in [-0.2, 0) is 4.79 Å². The van der Waals surface area contributed by atoms with Gasteiger partial charge < -0.3 is 10.6 Å². The highest BCUT2D eigenvalue weighted by molar-refractivity contribution is 5.81. The summed E-state index contributed by atoms with van der Waals surface area (Å²) in [5.41, 5.74) is 0. The molecule has 0 saturated carbocycles. The average molecular weight is 269 g/mol. The van der Waals surface area contributed by atoms with Gasteiger partial charge in [0.1, 0.15) is 0 Å². The Labute approximate surface area is 118 Å². The summed E-state index contributed by atoms with van der Waals surface area (Å²) in [6, 6.07) is 0.787. The van der Waals surface area contributed by atoms with E-state index in [0.29, 0.717) is 12.1 Å². The van der Waals surface area contributed by atoms with E-state index in [0.717, 1.165) is 32.5 Å². The van der Waals surface area contributed by atoms with Crippen LogP contribution in [-0.4, -0.2) is 48.6 Å². The smallest absolute Gasteiger partial charge is 0.237 e. The molecule has 1 saturated heterocycles. The molecule has 4 nitrogen and oxygen atoms in total. The van der Waals surface area contributed by atoms with Crippen molar-refractivity contribution in [2.24, 2.45) is 0 Å². The first-order valence-electron chi connectivity index (χ1n) is 7.90. The Balaban J connectivity index is 2.56. The summed E-state index contributed by atoms with van der Waals surface area (Å²) in [5, 5.41) is 6.60. The molecule has 112 valence electrons. The van der Waals surface area contributed by atoms with Crippen LogP contribution in [0, 0.1) is 0 Å². The molecule has 1 amide bonds. The lowest BCUT2D eigenvalue weighted by Gasteiger charge is -2.37. The predicted octanol–water partition coefficient (Wildman–Crippen LogP) is 1.75. The summed E-state index contributed by atoms with van der Waals surface area (Å²) in [6.07, 6.45) is 4.42. The number of rotatable bonds is 7. The van der Waals surface area contributed by atoms with E-state index < -0.39 is 0 Å². The van der Waals surface area contributed by atoms with Crippen molar-refractivity contribution >= 4 is 5.91 Å². The lowest BCUT2D eigenvalue weighted by molar-refractivity contribution is -0.127. The van der Waals surface area contributed by atoms with Crippen LogP contribution in [0.3, 0.4) is 0 Å². The number of amides is 1. The Morgan fingerprint density at radius 2 is 2.05 bits per heavy atom. The third-order valence-electron chi connectivity index (χ3n) is 4.31. The number of nitrogens with one attached hydrogen (secondary N) is 2. The van der Waals surface area contributed by atoms with E-state index in [1.165, 1.54) is 12.8 Å². The number of piperidine rings is 1. The topological polar surface area (TPSA) is 44.4 Å². The van der Waals surface area contributed by atoms with Gasteiger partial charge in [-0.2, -0.15) is 0 Å². The minimum absolute atomic E-state index is 0.0319. The SMILES string of the molecule is CCC(CC)NC(=O)C(C)N(CC)C1CCCNC1. The van der Waals surface area contributed by atoms with E-state index in [1.807, 2.05) is 6.92 Å². The van der Waals surface area contributed by atoms with Gasteiger partial charge in [0.2, 0.25) is 5.91 Å². The van der Waals surface area contributed by atoms with Gasteiger partial charge in [-0.15, -0.1) is 0 Å². The monoisotopic (exact) mass is 269 g/mol. The second-order valence-corrected chi connectivity index (χ2v) is 5.53. The quantitative estimate of drug-likeness (QED) is 0.740. The standard InChI is InChI=1S/C15H31N3O/c1-5-13(6-2)17-15(19)12(4)18(7-3)14-9-8-10-16-11-14/h12-14,16H,5-11H2,1-4H3,(H,17,19). The maximum atomic E-state index is 12.3. The van der Waals surface area contributed by atoms with Gasteiger partial charge in [-0.1, -0.05) is 20.8 Å². The van der Waals surface area contributed by atoms with E-state index in [9.17, 15) is 4.79 Å². The van der Waals surface area contributed by atoms with Gasteiger partial charge in [0.05, 0.1) is 6.04 Å². The summed E-state index contributed by atoms with van der Waals surface area (Å²) >= 11 is 0. The van der Waals surface area contributed by atoms with Crippen molar-refractivity contribution in [1.29, 1.82) is 0 Å². The first-order valence-corrected chi connectivity index (χ1v) is 7.90. The lowest BCUT2D eigenvalue weighted by Crippen LogP contribution is -2.55. The van der Waals surface area contributed by atoms with Crippen molar-refractivity contribution < 1.29 is 4.79 Å². The fraction of sp³-hybridized carbons (Fsp3) is 0.933. The largest absolute Gasteiger partial charge is 0.352 e. The molecule has 0 radical (unpaired) electrons. The predicted molar refractivity (Wildman–Crippen MR) is 80.2 cm³/mol. The molecule has 2 atom stereocenters. The zero-order valence-corrected chi connectivity index (χ0v) is 13.0. The Morgan fingerprint density at radius 3 is 2.53 bits per heavy atom. The molecule has 1 aliphatic heterocycles. The highest BCUT2D eigenvalue weighted by Crippen LogP contribution is 2.14. The summed E-state index contributed by atoms with van der Waals surface area (Å²) in [4.78, 5) is 14.7. The van der Waals surface area contributed by atoms with Gasteiger partial charge in [-0.05, 0) is 45.7 Å². The molecule has 4 heteroatoms. The van der Waals surface area contributed by atoms with Crippen molar-refractivity contribution in [2.75, 3.05) is 19.6 Å². The molecule has 2 N–H and O–H groups in total. The second-order valence-electron chi connectivity index (χ2n) is 5.53. The van der Waals surface area contributed by atoms with E-state index in [2.05, 4.69) is 36.3 Å². The molecule has 1 fully saturated rings. The Kier molecular flexibility index (Phi) is 7.39. The maximum absolute atomic E-state index is 12.3. The van der Waals surface area contributed by atoms with E-state index in [1.54, 1.807) is 0 Å². The molecule has 0 spiro atoms. The Bertz CT molecular complexity index is 260. The molecule has 1 aliphatic rings. The minimum Gasteiger partial charge on any atom is -0.352 e. The lowest BCUT2D eigenvalue weighted by atomic mass is 10.0. The van der Waals surface area contributed by atoms with Crippen LogP contribution in [0.4, 0.5) is 0 Å². The van der Waals surface area contributed by atoms with Crippen molar-refractivity contribution in [2.45, 2.75) is 71.5 Å². The maximum Gasteiger partial charge on any atom is 0.237 e. The molecule has 0 aromatic rings. The van der Waals surface area contributed by atoms with E-state index in [-0.39, 0.29) is 11.9 Å². The zero-order valence-electron chi connectivity index (χ0n) is 13.0. The van der Waals surface area contributed by atoms with Crippen LogP contribution in [0.2, 0.25) is 0 Å². The molecule has 1 heterocycles. The highest BCUT2D eigenvalue weighted by atomic mass is 16.2. The third-order valence-corrected chi connectivity index (χ3v) is 4.31. The minimum atomic E-state index is -0.0319. The van der Waals surface area contributed by atoms with Gasteiger partial charge in [-0.3, -0.25) is 9.69 Å². The Hall–Kier alpha value is -0.610. The van der Waals surface area contributed by atoms with Gasteiger partial charge in [0, 0.05) is 18.6 Å². The average Bonchev–Trinajstić information content (AvgIpc) is 2.46. The normalized spacial score (nSPS) is 21.7. The van der Waals surface area contributed by atoms with Crippen molar-refractivity contribution in [1.82, 2.24) is 15.5 Å². The van der Waals surface area contributed by atoms with Gasteiger partial charge >= 0.3 is 0 Å². The number of carbonyl (C=O) groups excluding carboxylic acids is 1. The summed E-state index contributed by atoms with van der Waals surface area (Å²) < 4.78 is 0. The first-order chi connectivity index (χ1) is 9.13. The van der Waals surface area contributed by atoms with Crippen molar-refractivity contribution in [3.8, 4) is 0 Å². The van der Waals surface area contributed by atoms with Crippen LogP contribution in [0.1, 0.15) is 53.4 Å². The van der Waals surface area contributed by atoms with Crippen LogP contribution in [0.25, 0.3) is 0 Å². The molecule has 0 bridgehead atoms. The van der Waals surface area contributed by atoms with E-state index in [4.69, 9.17) is 0 Å². The number of likely N-dealkylation sites (N-methyl/N-ethyl adjacent to an activating group) is 1. The van der Waals surface area contributed by atoms with Gasteiger partial charge in [-0.25, -0.2) is 0 Å². The fourth-order valence-electron chi connectivity index (χ4n) is 2.93. The van der Waals surface area contributed by atoms with Gasteiger partial charge in [0.15, 0.2) is 0 Å². The van der Waals surface area contributed by atoms with Gasteiger partial charge in [0.25, 0.3) is 0 Å². The molecule has 19 heavy (non-hydrogen) atoms. The molecular weight excluding hydrogens is 238 g/mol. The number of nitrogens with zero attached hydrogens (tertiary/aromatic N) is 1. The number of hydrogen-bond donors (Lipinski definition) is 2. The van der Waals surface area contributed by atoms with Crippen LogP contribution < -0.4 is 10.6 Å². The molecular formula is C15H31N3O. The number of carbonyl (C=O) groups is 1. The third kappa shape index (κ3) is 4.77. The molecule has 0 aromatic heterocycles. The zero-order chi connectivity index (χ0) is 14.3. The van der Waals surface area contributed by atoms with Crippen LogP contribution in [0.15, 0.2) is 0 Å². The molecule has 0 aliphatic carbocycles. The second kappa shape index (κ2) is 8.54. The van der Waals surface area contributed by atoms with Crippen LogP contribution in [0.5, 0.6) is 0 Å². The van der Waals surface area contributed by atoms with Crippen LogP contribution >= 0.6 is 0 Å². The first kappa shape index (κ1) is 16.4. The molecule has 2 unspecified atom stereocenters. The molecule has 1 rings (SSSR count). The number of hydrogen-bond acceptors (Lipinski definition) is 3. The fourth-order valence-corrected chi connectivity index (χ4v) is 2.93. The van der Waals surface area contributed by atoms with Crippen molar-refractivity contribution in [3.63, 3.8) is 0 Å². The van der Waals surface area contributed by atoms with Crippen molar-refractivity contribution in [3.05, 3.63) is 0 Å². The van der Waals surface area contributed by atoms with E-state index >= 15 is 0 Å². The summed E-state index contributed by atoms with van der Waals surface area (Å²) in [5.74, 6) is 0.182. The highest BCUT2D eigenvalue weighted by Gasteiger charge is 2.28. The summed E-state index contributed by atoms with van der Waals surface area (Å²) in [7, 11) is 0. The Morgan fingerprint density at radius 1 is 1.37 bits per heavy atom. The molecule has 0 aromatic carbocycles.